The third-order valence-corrected chi connectivity index (χ3v) is 4.27. The van der Waals surface area contributed by atoms with Gasteiger partial charge in [-0.05, 0) is 26.7 Å². The van der Waals surface area contributed by atoms with Gasteiger partial charge in [0, 0.05) is 31.4 Å². The minimum atomic E-state index is 0. The zero-order valence-electron chi connectivity index (χ0n) is 13.9. The number of aliphatic imine (C=N–C) groups is 1. The molecule has 1 aromatic heterocycles. The Morgan fingerprint density at radius 3 is 2.91 bits per heavy atom. The van der Waals surface area contributed by atoms with Crippen LogP contribution in [-0.2, 0) is 11.2 Å². The molecule has 1 aliphatic rings. The van der Waals surface area contributed by atoms with Crippen molar-refractivity contribution in [2.75, 3.05) is 32.8 Å². The Bertz CT molecular complexity index is 516. The molecule has 23 heavy (non-hydrogen) atoms. The van der Waals surface area contributed by atoms with E-state index < -0.39 is 0 Å². The van der Waals surface area contributed by atoms with Crippen LogP contribution in [0.4, 0.5) is 0 Å². The lowest BCUT2D eigenvalue weighted by atomic mass is 10.1. The highest BCUT2D eigenvalue weighted by atomic mass is 127. The van der Waals surface area contributed by atoms with Crippen LogP contribution >= 0.6 is 35.3 Å². The van der Waals surface area contributed by atoms with Crippen molar-refractivity contribution < 1.29 is 4.74 Å². The van der Waals surface area contributed by atoms with Crippen LogP contribution in [0.5, 0.6) is 0 Å². The van der Waals surface area contributed by atoms with E-state index in [0.717, 1.165) is 68.8 Å². The normalized spacial score (nSPS) is 14.9. The van der Waals surface area contributed by atoms with Crippen molar-refractivity contribution in [2.45, 2.75) is 33.1 Å². The van der Waals surface area contributed by atoms with Crippen LogP contribution in [0.3, 0.4) is 0 Å². The summed E-state index contributed by atoms with van der Waals surface area (Å²) in [4.78, 5) is 9.08. The van der Waals surface area contributed by atoms with E-state index in [1.165, 1.54) is 5.57 Å². The number of nitrogens with one attached hydrogen (secondary N) is 2. The minimum Gasteiger partial charge on any atom is -0.377 e. The van der Waals surface area contributed by atoms with E-state index in [4.69, 9.17) is 4.74 Å². The third-order valence-electron chi connectivity index (χ3n) is 3.44. The first kappa shape index (κ1) is 20.4. The van der Waals surface area contributed by atoms with Crippen LogP contribution in [-0.4, -0.2) is 43.8 Å². The minimum absolute atomic E-state index is 0. The first-order chi connectivity index (χ1) is 10.8. The number of ether oxygens (including phenoxy) is 1. The second kappa shape index (κ2) is 11.8. The lowest BCUT2D eigenvalue weighted by Crippen LogP contribution is -2.38. The number of hydrogen-bond acceptors (Lipinski definition) is 4. The second-order valence-corrected chi connectivity index (χ2v) is 6.29. The summed E-state index contributed by atoms with van der Waals surface area (Å²) in [7, 11) is 0. The van der Waals surface area contributed by atoms with Gasteiger partial charge in [0.15, 0.2) is 5.96 Å². The van der Waals surface area contributed by atoms with E-state index in [2.05, 4.69) is 39.0 Å². The fourth-order valence-corrected chi connectivity index (χ4v) is 2.93. The van der Waals surface area contributed by atoms with Gasteiger partial charge in [-0.3, -0.25) is 4.99 Å². The van der Waals surface area contributed by atoms with Crippen LogP contribution in [0.25, 0.3) is 0 Å². The Hall–Kier alpha value is -0.670. The summed E-state index contributed by atoms with van der Waals surface area (Å²) >= 11 is 1.70. The molecule has 0 saturated carbocycles. The number of aryl methyl sites for hydroxylation is 1. The number of guanidine groups is 1. The maximum atomic E-state index is 5.32. The van der Waals surface area contributed by atoms with Crippen molar-refractivity contribution >= 4 is 41.3 Å². The maximum absolute atomic E-state index is 5.32. The van der Waals surface area contributed by atoms with Gasteiger partial charge in [-0.15, -0.1) is 35.3 Å². The molecule has 0 fully saturated rings. The zero-order valence-corrected chi connectivity index (χ0v) is 17.1. The summed E-state index contributed by atoms with van der Waals surface area (Å²) in [6.45, 7) is 8.28. The van der Waals surface area contributed by atoms with E-state index in [1.807, 2.05) is 6.92 Å². The fourth-order valence-electron chi connectivity index (χ4n) is 2.28. The molecule has 130 valence electrons. The molecular formula is C16H27IN4OS. The average molecular weight is 450 g/mol. The molecule has 2 rings (SSSR count). The largest absolute Gasteiger partial charge is 0.377 e. The lowest BCUT2D eigenvalue weighted by Gasteiger charge is -2.15. The molecule has 0 radical (unpaired) electrons. The summed E-state index contributed by atoms with van der Waals surface area (Å²) in [5, 5.41) is 9.92. The zero-order chi connectivity index (χ0) is 15.6. The highest BCUT2D eigenvalue weighted by molar-refractivity contribution is 14.0. The topological polar surface area (TPSA) is 58.5 Å². The number of nitrogens with zero attached hydrogens (tertiary/aromatic N) is 2. The van der Waals surface area contributed by atoms with Gasteiger partial charge in [0.05, 0.1) is 23.9 Å². The first-order valence-electron chi connectivity index (χ1n) is 7.96. The quantitative estimate of drug-likeness (QED) is 0.290. The molecule has 2 heterocycles. The van der Waals surface area contributed by atoms with E-state index >= 15 is 0 Å². The van der Waals surface area contributed by atoms with E-state index in [1.54, 1.807) is 11.3 Å². The number of rotatable bonds is 7. The highest BCUT2D eigenvalue weighted by Gasteiger charge is 2.04. The lowest BCUT2D eigenvalue weighted by molar-refractivity contribution is 0.153. The van der Waals surface area contributed by atoms with Crippen LogP contribution in [0.1, 0.15) is 30.5 Å². The molecule has 0 aromatic carbocycles. The predicted octanol–water partition coefficient (Wildman–Crippen LogP) is 2.90. The van der Waals surface area contributed by atoms with Crippen molar-refractivity contribution in [1.82, 2.24) is 15.6 Å². The number of hydrogen-bond donors (Lipinski definition) is 2. The monoisotopic (exact) mass is 450 g/mol. The Balaban J connectivity index is 0.00000264. The molecule has 1 aliphatic heterocycles. The Morgan fingerprint density at radius 2 is 2.26 bits per heavy atom. The molecule has 0 saturated heterocycles. The van der Waals surface area contributed by atoms with Crippen molar-refractivity contribution in [3.8, 4) is 0 Å². The van der Waals surface area contributed by atoms with Crippen molar-refractivity contribution in [3.63, 3.8) is 0 Å². The molecule has 5 nitrogen and oxygen atoms in total. The highest BCUT2D eigenvalue weighted by Crippen LogP contribution is 2.10. The van der Waals surface area contributed by atoms with Crippen LogP contribution < -0.4 is 10.6 Å². The molecule has 0 spiro atoms. The van der Waals surface area contributed by atoms with Gasteiger partial charge in [0.2, 0.25) is 0 Å². The fraction of sp³-hybridized carbons (Fsp3) is 0.625. The molecule has 0 amide bonds. The summed E-state index contributed by atoms with van der Waals surface area (Å²) in [5.74, 6) is 0.891. The molecule has 0 aliphatic carbocycles. The molecular weight excluding hydrogens is 423 g/mol. The number of aromatic nitrogens is 1. The van der Waals surface area contributed by atoms with Crippen molar-refractivity contribution in [1.29, 1.82) is 0 Å². The Morgan fingerprint density at radius 1 is 1.39 bits per heavy atom. The van der Waals surface area contributed by atoms with Gasteiger partial charge in [0.25, 0.3) is 0 Å². The molecule has 0 bridgehead atoms. The van der Waals surface area contributed by atoms with Crippen LogP contribution in [0.15, 0.2) is 22.0 Å². The molecule has 0 atom stereocenters. The van der Waals surface area contributed by atoms with Crippen LogP contribution in [0, 0.1) is 6.92 Å². The Labute approximate surface area is 160 Å². The standard InChI is InChI=1S/C16H26N4OS.HI/c1-3-17-16(18-8-4-14-6-10-21-11-7-14)19-9-5-15-12-22-13(2)20-15;/h6,12H,3-5,7-11H2,1-2H3,(H2,17,18,19);1H. The van der Waals surface area contributed by atoms with Gasteiger partial charge >= 0.3 is 0 Å². The molecule has 1 aromatic rings. The SMILES string of the molecule is CCNC(=NCCc1csc(C)n1)NCCC1=CCOCC1.I. The summed E-state index contributed by atoms with van der Waals surface area (Å²) < 4.78 is 5.32. The van der Waals surface area contributed by atoms with E-state index in [9.17, 15) is 0 Å². The summed E-state index contributed by atoms with van der Waals surface area (Å²) in [5.41, 5.74) is 2.61. The molecule has 7 heteroatoms. The van der Waals surface area contributed by atoms with Gasteiger partial charge in [0.1, 0.15) is 0 Å². The third kappa shape index (κ3) is 8.12. The van der Waals surface area contributed by atoms with Gasteiger partial charge in [-0.1, -0.05) is 11.6 Å². The molecule has 0 unspecified atom stereocenters. The second-order valence-electron chi connectivity index (χ2n) is 5.23. The summed E-state index contributed by atoms with van der Waals surface area (Å²) in [6.07, 6.45) is 5.20. The van der Waals surface area contributed by atoms with E-state index in [0.29, 0.717) is 0 Å². The van der Waals surface area contributed by atoms with Crippen LogP contribution in [0.2, 0.25) is 0 Å². The first-order valence-corrected chi connectivity index (χ1v) is 8.84. The van der Waals surface area contributed by atoms with Crippen molar-refractivity contribution in [2.24, 2.45) is 4.99 Å². The predicted molar refractivity (Wildman–Crippen MR) is 108 cm³/mol. The average Bonchev–Trinajstić information content (AvgIpc) is 2.94. The molecule has 2 N–H and O–H groups in total. The number of halogens is 1. The maximum Gasteiger partial charge on any atom is 0.191 e. The van der Waals surface area contributed by atoms with Gasteiger partial charge in [-0.25, -0.2) is 4.98 Å². The summed E-state index contributed by atoms with van der Waals surface area (Å²) in [6, 6.07) is 0. The van der Waals surface area contributed by atoms with Gasteiger partial charge < -0.3 is 15.4 Å². The van der Waals surface area contributed by atoms with Gasteiger partial charge in [-0.2, -0.15) is 0 Å². The van der Waals surface area contributed by atoms with Crippen molar-refractivity contribution in [3.05, 3.63) is 27.7 Å². The smallest absolute Gasteiger partial charge is 0.191 e. The Kier molecular flexibility index (Phi) is 10.5. The van der Waals surface area contributed by atoms with E-state index in [-0.39, 0.29) is 24.0 Å². The number of thiazole rings is 1.